The lowest BCUT2D eigenvalue weighted by molar-refractivity contribution is -0.384. The van der Waals surface area contributed by atoms with Crippen LogP contribution in [-0.2, 0) is 0 Å². The molecule has 0 saturated carbocycles. The first-order valence-electron chi connectivity index (χ1n) is 5.55. The van der Waals surface area contributed by atoms with Gasteiger partial charge in [-0.25, -0.2) is 0 Å². The van der Waals surface area contributed by atoms with Gasteiger partial charge in [0.15, 0.2) is 0 Å². The maximum Gasteiger partial charge on any atom is 0.271 e. The van der Waals surface area contributed by atoms with Gasteiger partial charge in [-0.05, 0) is 30.5 Å². The minimum absolute atomic E-state index is 0.0130. The van der Waals surface area contributed by atoms with Gasteiger partial charge in [0, 0.05) is 22.7 Å². The third-order valence-electron chi connectivity index (χ3n) is 2.59. The second-order valence-corrected chi connectivity index (χ2v) is 4.77. The largest absolute Gasteiger partial charge is 0.397 e. The van der Waals surface area contributed by atoms with Gasteiger partial charge in [-0.2, -0.15) is 0 Å². The van der Waals surface area contributed by atoms with Gasteiger partial charge in [0.25, 0.3) is 5.69 Å². The molecule has 0 aromatic heterocycles. The van der Waals surface area contributed by atoms with Crippen molar-refractivity contribution in [1.82, 2.24) is 0 Å². The molecule has 2 aromatic rings. The van der Waals surface area contributed by atoms with E-state index < -0.39 is 4.92 Å². The van der Waals surface area contributed by atoms with Gasteiger partial charge >= 0.3 is 0 Å². The summed E-state index contributed by atoms with van der Waals surface area (Å²) in [6, 6.07) is 12.2. The van der Waals surface area contributed by atoms with Crippen LogP contribution in [0.4, 0.5) is 22.7 Å². The van der Waals surface area contributed by atoms with Crippen molar-refractivity contribution in [2.24, 2.45) is 0 Å². The van der Waals surface area contributed by atoms with E-state index in [1.807, 2.05) is 30.5 Å². The van der Waals surface area contributed by atoms with Crippen molar-refractivity contribution >= 4 is 34.5 Å². The molecule has 0 amide bonds. The Balaban J connectivity index is 2.25. The van der Waals surface area contributed by atoms with Crippen molar-refractivity contribution in [2.45, 2.75) is 4.90 Å². The highest BCUT2D eigenvalue weighted by Crippen LogP contribution is 2.28. The number of nitrogen functional groups attached to an aromatic ring is 1. The Bertz CT molecular complexity index is 617. The molecule has 2 aromatic carbocycles. The van der Waals surface area contributed by atoms with Crippen LogP contribution >= 0.6 is 11.8 Å². The predicted octanol–water partition coefficient (Wildman–Crippen LogP) is 3.64. The van der Waals surface area contributed by atoms with Gasteiger partial charge in [-0.15, -0.1) is 11.8 Å². The van der Waals surface area contributed by atoms with Gasteiger partial charge < -0.3 is 11.1 Å². The molecular formula is C13H13N3O2S. The van der Waals surface area contributed by atoms with E-state index in [0.717, 1.165) is 10.6 Å². The van der Waals surface area contributed by atoms with E-state index >= 15 is 0 Å². The van der Waals surface area contributed by atoms with Crippen LogP contribution in [0.25, 0.3) is 0 Å². The van der Waals surface area contributed by atoms with Crippen LogP contribution in [0, 0.1) is 10.1 Å². The number of nitro benzene ring substituents is 1. The zero-order valence-corrected chi connectivity index (χ0v) is 11.1. The van der Waals surface area contributed by atoms with Crippen molar-refractivity contribution in [3.63, 3.8) is 0 Å². The highest BCUT2D eigenvalue weighted by atomic mass is 32.2. The molecule has 0 fully saturated rings. The van der Waals surface area contributed by atoms with Crippen molar-refractivity contribution in [3.05, 3.63) is 52.6 Å². The van der Waals surface area contributed by atoms with E-state index in [1.165, 1.54) is 12.1 Å². The van der Waals surface area contributed by atoms with Crippen LogP contribution < -0.4 is 11.1 Å². The van der Waals surface area contributed by atoms with Gasteiger partial charge in [0.2, 0.25) is 0 Å². The standard InChI is InChI=1S/C13H13N3O2S/c1-19-11-4-2-3-9(7-11)15-13-6-5-10(16(17)18)8-12(13)14/h2-8,15H,14H2,1H3. The summed E-state index contributed by atoms with van der Waals surface area (Å²) in [4.78, 5) is 11.3. The molecule has 0 saturated heterocycles. The summed E-state index contributed by atoms with van der Waals surface area (Å²) in [5, 5.41) is 13.8. The number of hydrogen-bond donors (Lipinski definition) is 2. The summed E-state index contributed by atoms with van der Waals surface area (Å²) in [6.07, 6.45) is 2.00. The van der Waals surface area contributed by atoms with E-state index in [1.54, 1.807) is 17.8 Å². The number of nitrogens with one attached hydrogen (secondary N) is 1. The predicted molar refractivity (Wildman–Crippen MR) is 79.0 cm³/mol. The maximum atomic E-state index is 10.6. The second kappa shape index (κ2) is 5.62. The zero-order valence-electron chi connectivity index (χ0n) is 10.3. The van der Waals surface area contributed by atoms with E-state index in [9.17, 15) is 10.1 Å². The van der Waals surface area contributed by atoms with Gasteiger partial charge in [-0.1, -0.05) is 6.07 Å². The number of rotatable bonds is 4. The molecule has 0 bridgehead atoms. The monoisotopic (exact) mass is 275 g/mol. The Hall–Kier alpha value is -2.21. The molecule has 6 heteroatoms. The number of benzene rings is 2. The van der Waals surface area contributed by atoms with Crippen molar-refractivity contribution < 1.29 is 4.92 Å². The van der Waals surface area contributed by atoms with Crippen LogP contribution in [0.5, 0.6) is 0 Å². The van der Waals surface area contributed by atoms with Crippen LogP contribution in [0.3, 0.4) is 0 Å². The Morgan fingerprint density at radius 1 is 1.26 bits per heavy atom. The van der Waals surface area contributed by atoms with Crippen LogP contribution in [-0.4, -0.2) is 11.2 Å². The Morgan fingerprint density at radius 2 is 2.05 bits per heavy atom. The molecule has 0 atom stereocenters. The number of anilines is 3. The molecule has 2 rings (SSSR count). The quantitative estimate of drug-likeness (QED) is 0.385. The van der Waals surface area contributed by atoms with Crippen molar-refractivity contribution in [3.8, 4) is 0 Å². The molecule has 0 spiro atoms. The van der Waals surface area contributed by atoms with Crippen LogP contribution in [0.1, 0.15) is 0 Å². The molecule has 0 unspecified atom stereocenters. The number of nitrogens with zero attached hydrogens (tertiary/aromatic N) is 1. The molecule has 0 aliphatic rings. The Labute approximate surface area is 115 Å². The van der Waals surface area contributed by atoms with Gasteiger partial charge in [0.05, 0.1) is 16.3 Å². The van der Waals surface area contributed by atoms with E-state index in [2.05, 4.69) is 5.32 Å². The summed E-state index contributed by atoms with van der Waals surface area (Å²) < 4.78 is 0. The molecule has 3 N–H and O–H groups in total. The fraction of sp³-hybridized carbons (Fsp3) is 0.0769. The minimum atomic E-state index is -0.464. The first kappa shape index (κ1) is 13.2. The summed E-state index contributed by atoms with van der Waals surface area (Å²) in [5.41, 5.74) is 7.70. The SMILES string of the molecule is CSc1cccc(Nc2ccc([N+](=O)[O-])cc2N)c1. The number of hydrogen-bond acceptors (Lipinski definition) is 5. The molecule has 5 nitrogen and oxygen atoms in total. The van der Waals surface area contributed by atoms with Gasteiger partial charge in [-0.3, -0.25) is 10.1 Å². The minimum Gasteiger partial charge on any atom is -0.397 e. The zero-order chi connectivity index (χ0) is 13.8. The second-order valence-electron chi connectivity index (χ2n) is 3.89. The van der Waals surface area contributed by atoms with Crippen molar-refractivity contribution in [2.75, 3.05) is 17.3 Å². The first-order chi connectivity index (χ1) is 9.10. The highest BCUT2D eigenvalue weighted by Gasteiger charge is 2.08. The van der Waals surface area contributed by atoms with E-state index in [-0.39, 0.29) is 5.69 Å². The van der Waals surface area contributed by atoms with E-state index in [0.29, 0.717) is 11.4 Å². The summed E-state index contributed by atoms with van der Waals surface area (Å²) in [5.74, 6) is 0. The highest BCUT2D eigenvalue weighted by molar-refractivity contribution is 7.98. The lowest BCUT2D eigenvalue weighted by Gasteiger charge is -2.10. The number of thioether (sulfide) groups is 1. The third kappa shape index (κ3) is 3.17. The number of non-ortho nitro benzene ring substituents is 1. The van der Waals surface area contributed by atoms with Crippen LogP contribution in [0.2, 0.25) is 0 Å². The maximum absolute atomic E-state index is 10.6. The topological polar surface area (TPSA) is 81.2 Å². The van der Waals surface area contributed by atoms with Gasteiger partial charge in [0.1, 0.15) is 0 Å². The summed E-state index contributed by atoms with van der Waals surface area (Å²) >= 11 is 1.64. The fourth-order valence-electron chi connectivity index (χ4n) is 1.63. The molecular weight excluding hydrogens is 262 g/mol. The average Bonchev–Trinajstić information content (AvgIpc) is 2.41. The van der Waals surface area contributed by atoms with E-state index in [4.69, 9.17) is 5.73 Å². The Kier molecular flexibility index (Phi) is 3.91. The molecule has 0 aliphatic carbocycles. The lowest BCUT2D eigenvalue weighted by Crippen LogP contribution is -1.98. The molecule has 0 heterocycles. The molecule has 98 valence electrons. The molecule has 19 heavy (non-hydrogen) atoms. The van der Waals surface area contributed by atoms with Crippen molar-refractivity contribution in [1.29, 1.82) is 0 Å². The average molecular weight is 275 g/mol. The number of nitrogens with two attached hydrogens (primary N) is 1. The van der Waals surface area contributed by atoms with Crippen LogP contribution in [0.15, 0.2) is 47.4 Å². The molecule has 0 aliphatic heterocycles. The fourth-order valence-corrected chi connectivity index (χ4v) is 2.09. The normalized spacial score (nSPS) is 10.2. The molecule has 0 radical (unpaired) electrons. The first-order valence-corrected chi connectivity index (χ1v) is 6.77. The smallest absolute Gasteiger partial charge is 0.271 e. The summed E-state index contributed by atoms with van der Waals surface area (Å²) in [6.45, 7) is 0. The Morgan fingerprint density at radius 3 is 2.68 bits per heavy atom. The third-order valence-corrected chi connectivity index (χ3v) is 3.32. The summed E-state index contributed by atoms with van der Waals surface area (Å²) in [7, 11) is 0. The number of nitro groups is 1. The lowest BCUT2D eigenvalue weighted by atomic mass is 10.2.